The van der Waals surface area contributed by atoms with E-state index < -0.39 is 40.1 Å². The van der Waals surface area contributed by atoms with Gasteiger partial charge in [0.15, 0.2) is 0 Å². The van der Waals surface area contributed by atoms with Crippen molar-refractivity contribution in [1.29, 1.82) is 0 Å². The zero-order valence-electron chi connectivity index (χ0n) is 26.7. The zero-order valence-corrected chi connectivity index (χ0v) is 30.0. The van der Waals surface area contributed by atoms with E-state index >= 15 is 0 Å². The third kappa shape index (κ3) is 14.4. The Balaban J connectivity index is 0.000000209. The van der Waals surface area contributed by atoms with Gasteiger partial charge in [-0.05, 0) is 48.5 Å². The summed E-state index contributed by atoms with van der Waals surface area (Å²) in [6.07, 6.45) is 0. The van der Waals surface area contributed by atoms with Crippen LogP contribution in [0.1, 0.15) is 0 Å². The predicted octanol–water partition coefficient (Wildman–Crippen LogP) is 2.77. The van der Waals surface area contributed by atoms with E-state index in [1.807, 2.05) is 0 Å². The summed E-state index contributed by atoms with van der Waals surface area (Å²) in [5.74, 6) is 0. The van der Waals surface area contributed by atoms with E-state index in [9.17, 15) is 33.7 Å². The topological polar surface area (TPSA) is 198 Å². The molecule has 1 aliphatic heterocycles. The Kier molecular flexibility index (Phi) is 16.6. The second-order valence-electron chi connectivity index (χ2n) is 9.88. The zero-order chi connectivity index (χ0) is 36.4. The average Bonchev–Trinajstić information content (AvgIpc) is 3.10. The SMILES string of the molecule is C1COCCOCCOCCO1.O=S(=O)(NS(=O)(=O)c1ccccc1)c1ccccc1.O=S(=O)(NS(=O)(=O)c1ccccc1)c1ccccc1. The molecule has 0 aliphatic carbocycles. The van der Waals surface area contributed by atoms with Gasteiger partial charge in [-0.15, -0.1) is 8.25 Å². The highest BCUT2D eigenvalue weighted by Gasteiger charge is 2.25. The third-order valence-electron chi connectivity index (χ3n) is 6.14. The second kappa shape index (κ2) is 20.3. The summed E-state index contributed by atoms with van der Waals surface area (Å²) in [6.45, 7) is 5.14. The molecule has 18 heteroatoms. The van der Waals surface area contributed by atoms with Crippen LogP contribution in [-0.4, -0.2) is 86.5 Å². The molecule has 0 radical (unpaired) electrons. The van der Waals surface area contributed by atoms with Gasteiger partial charge in [-0.3, -0.25) is 0 Å². The maximum Gasteiger partial charge on any atom is 0.253 e. The fourth-order valence-electron chi connectivity index (χ4n) is 3.76. The molecule has 0 aromatic heterocycles. The molecule has 0 saturated carbocycles. The van der Waals surface area contributed by atoms with Crippen molar-refractivity contribution in [1.82, 2.24) is 8.25 Å². The smallest absolute Gasteiger partial charge is 0.253 e. The molecule has 14 nitrogen and oxygen atoms in total. The van der Waals surface area contributed by atoms with Gasteiger partial charge in [-0.25, -0.2) is 33.7 Å². The molecule has 0 bridgehead atoms. The molecule has 2 N–H and O–H groups in total. The molecule has 1 heterocycles. The maximum atomic E-state index is 11.9. The minimum atomic E-state index is -4.10. The van der Waals surface area contributed by atoms with Gasteiger partial charge in [0.2, 0.25) is 0 Å². The first-order valence-electron chi connectivity index (χ1n) is 14.9. The molecular formula is C32H38N2O12S4. The number of ether oxygens (including phenoxy) is 4. The first kappa shape index (κ1) is 40.9. The summed E-state index contributed by atoms with van der Waals surface area (Å²) < 4.78 is 120. The Hall–Kier alpha value is -3.56. The lowest BCUT2D eigenvalue weighted by Crippen LogP contribution is -2.30. The molecule has 0 spiro atoms. The van der Waals surface area contributed by atoms with Gasteiger partial charge in [-0.2, -0.15) is 0 Å². The molecule has 50 heavy (non-hydrogen) atoms. The van der Waals surface area contributed by atoms with Gasteiger partial charge in [-0.1, -0.05) is 72.8 Å². The number of benzene rings is 4. The summed E-state index contributed by atoms with van der Waals surface area (Å²) in [6, 6.07) is 29.3. The Morgan fingerprint density at radius 2 is 0.460 bits per heavy atom. The molecule has 0 atom stereocenters. The van der Waals surface area contributed by atoms with Crippen LogP contribution in [0.5, 0.6) is 0 Å². The van der Waals surface area contributed by atoms with E-state index in [2.05, 4.69) is 0 Å². The number of hydrogen-bond donors (Lipinski definition) is 2. The average molecular weight is 771 g/mol. The van der Waals surface area contributed by atoms with Crippen LogP contribution in [0, 0.1) is 0 Å². The normalized spacial score (nSPS) is 15.0. The van der Waals surface area contributed by atoms with E-state index in [1.165, 1.54) is 97.1 Å². The van der Waals surface area contributed by atoms with Gasteiger partial charge in [0, 0.05) is 0 Å². The third-order valence-corrected chi connectivity index (χ3v) is 13.2. The highest BCUT2D eigenvalue weighted by atomic mass is 32.3. The molecular weight excluding hydrogens is 733 g/mol. The molecule has 1 saturated heterocycles. The Labute approximate surface area is 293 Å². The summed E-state index contributed by atoms with van der Waals surface area (Å²) in [7, 11) is -16.4. The quantitative estimate of drug-likeness (QED) is 0.266. The Bertz CT molecular complexity index is 1690. The molecule has 272 valence electrons. The molecule has 5 rings (SSSR count). The first-order chi connectivity index (χ1) is 23.8. The highest BCUT2D eigenvalue weighted by Crippen LogP contribution is 2.14. The lowest BCUT2D eigenvalue weighted by atomic mass is 10.4. The molecule has 4 aromatic rings. The Morgan fingerprint density at radius 3 is 0.620 bits per heavy atom. The van der Waals surface area contributed by atoms with Gasteiger partial charge >= 0.3 is 0 Å². The number of rotatable bonds is 8. The molecule has 0 unspecified atom stereocenters. The highest BCUT2D eigenvalue weighted by molar-refractivity contribution is 8.05. The monoisotopic (exact) mass is 770 g/mol. The van der Waals surface area contributed by atoms with Gasteiger partial charge in [0.05, 0.1) is 72.4 Å². The minimum Gasteiger partial charge on any atom is -0.377 e. The lowest BCUT2D eigenvalue weighted by Gasteiger charge is -2.09. The minimum absolute atomic E-state index is 0.102. The van der Waals surface area contributed by atoms with E-state index in [0.29, 0.717) is 52.9 Å². The van der Waals surface area contributed by atoms with E-state index in [4.69, 9.17) is 18.9 Å². The van der Waals surface area contributed by atoms with E-state index in [0.717, 1.165) is 0 Å². The van der Waals surface area contributed by atoms with Crippen LogP contribution in [0.3, 0.4) is 0 Å². The maximum absolute atomic E-state index is 11.9. The van der Waals surface area contributed by atoms with Crippen molar-refractivity contribution in [3.63, 3.8) is 0 Å². The Morgan fingerprint density at radius 1 is 0.300 bits per heavy atom. The van der Waals surface area contributed by atoms with Crippen molar-refractivity contribution in [2.75, 3.05) is 52.9 Å². The van der Waals surface area contributed by atoms with Crippen LogP contribution >= 0.6 is 0 Å². The molecule has 1 fully saturated rings. The van der Waals surface area contributed by atoms with Crippen LogP contribution in [0.25, 0.3) is 0 Å². The van der Waals surface area contributed by atoms with Crippen LogP contribution in [0.15, 0.2) is 141 Å². The fourth-order valence-corrected chi connectivity index (χ4v) is 9.67. The predicted molar refractivity (Wildman–Crippen MR) is 184 cm³/mol. The van der Waals surface area contributed by atoms with Crippen LogP contribution in [-0.2, 0) is 59.0 Å². The van der Waals surface area contributed by atoms with Gasteiger partial charge < -0.3 is 18.9 Å². The summed E-state index contributed by atoms with van der Waals surface area (Å²) in [5, 5.41) is 0. The van der Waals surface area contributed by atoms with Crippen molar-refractivity contribution in [2.45, 2.75) is 19.6 Å². The van der Waals surface area contributed by atoms with Crippen molar-refractivity contribution < 1.29 is 52.6 Å². The summed E-state index contributed by atoms with van der Waals surface area (Å²) in [4.78, 5) is -0.409. The summed E-state index contributed by atoms with van der Waals surface area (Å²) >= 11 is 0. The molecule has 1 aliphatic rings. The van der Waals surface area contributed by atoms with Crippen molar-refractivity contribution in [3.05, 3.63) is 121 Å². The number of hydrogen-bond acceptors (Lipinski definition) is 12. The van der Waals surface area contributed by atoms with E-state index in [-0.39, 0.29) is 19.6 Å². The van der Waals surface area contributed by atoms with Crippen molar-refractivity contribution >= 4 is 40.1 Å². The second-order valence-corrected chi connectivity index (χ2v) is 17.1. The van der Waals surface area contributed by atoms with Crippen molar-refractivity contribution in [2.24, 2.45) is 0 Å². The standard InChI is InChI=1S/2C12H11NO4S2.C8H16O4/c2*14-18(15,11-7-3-1-4-8-11)13-19(16,17)12-9-5-2-6-10-12;1-2-10-5-6-12-8-7-11-4-3-9-1/h2*1-10,13H;1-8H2. The number of sulfonamides is 4. The largest absolute Gasteiger partial charge is 0.377 e. The van der Waals surface area contributed by atoms with Crippen LogP contribution < -0.4 is 8.25 Å². The first-order valence-corrected chi connectivity index (χ1v) is 20.9. The van der Waals surface area contributed by atoms with Crippen LogP contribution in [0.2, 0.25) is 0 Å². The molecule has 0 amide bonds. The van der Waals surface area contributed by atoms with Gasteiger partial charge in [0.25, 0.3) is 40.1 Å². The van der Waals surface area contributed by atoms with E-state index in [1.54, 1.807) is 32.5 Å². The molecule has 4 aromatic carbocycles. The lowest BCUT2D eigenvalue weighted by molar-refractivity contribution is -0.0334. The van der Waals surface area contributed by atoms with Crippen molar-refractivity contribution in [3.8, 4) is 0 Å². The number of nitrogens with one attached hydrogen (secondary N) is 2. The van der Waals surface area contributed by atoms with Gasteiger partial charge in [0.1, 0.15) is 0 Å². The fraction of sp³-hybridized carbons (Fsp3) is 0.250. The van der Waals surface area contributed by atoms with Crippen LogP contribution in [0.4, 0.5) is 0 Å². The summed E-state index contributed by atoms with van der Waals surface area (Å²) in [5.41, 5.74) is 0.